The number of aryl methyl sites for hydroxylation is 3. The molecule has 5 nitrogen and oxygen atoms in total. The number of hydrogen-bond acceptors (Lipinski definition) is 4. The van der Waals surface area contributed by atoms with E-state index in [1.54, 1.807) is 19.9 Å². The van der Waals surface area contributed by atoms with E-state index in [0.29, 0.717) is 29.2 Å². The van der Waals surface area contributed by atoms with Gasteiger partial charge in [-0.3, -0.25) is 0 Å². The summed E-state index contributed by atoms with van der Waals surface area (Å²) in [7, 11) is -3.60. The number of carbonyl (C=O) groups is 1. The van der Waals surface area contributed by atoms with Crippen molar-refractivity contribution < 1.29 is 17.9 Å². The van der Waals surface area contributed by atoms with Gasteiger partial charge in [0.15, 0.2) is 0 Å². The Bertz CT molecular complexity index is 808. The van der Waals surface area contributed by atoms with Crippen molar-refractivity contribution in [1.82, 2.24) is 4.72 Å². The largest absolute Gasteiger partial charge is 0.457 e. The number of carbonyl (C=O) groups excluding carboxylic acids is 1. The van der Waals surface area contributed by atoms with Crippen LogP contribution in [0.15, 0.2) is 28.7 Å². The van der Waals surface area contributed by atoms with Gasteiger partial charge < -0.3 is 4.74 Å². The smallest absolute Gasteiger partial charge is 0.334 e. The van der Waals surface area contributed by atoms with Gasteiger partial charge in [0.05, 0.1) is 4.90 Å². The van der Waals surface area contributed by atoms with Crippen LogP contribution >= 0.6 is 0 Å². The first-order valence-corrected chi connectivity index (χ1v) is 11.2. The van der Waals surface area contributed by atoms with E-state index in [4.69, 9.17) is 4.74 Å². The van der Waals surface area contributed by atoms with Crippen LogP contribution in [0.25, 0.3) is 0 Å². The molecule has 0 radical (unpaired) electrons. The Morgan fingerprint density at radius 3 is 2.14 bits per heavy atom. The van der Waals surface area contributed by atoms with Crippen LogP contribution in [0.4, 0.5) is 0 Å². The number of ether oxygens (including phenoxy) is 1. The molecule has 0 atom stereocenters. The number of esters is 1. The molecule has 0 aliphatic carbocycles. The summed E-state index contributed by atoms with van der Waals surface area (Å²) in [6, 6.07) is 3.73. The second kappa shape index (κ2) is 9.70. The maximum absolute atomic E-state index is 12.7. The predicted molar refractivity (Wildman–Crippen MR) is 114 cm³/mol. The predicted octanol–water partition coefficient (Wildman–Crippen LogP) is 4.59. The zero-order valence-corrected chi connectivity index (χ0v) is 19.3. The highest BCUT2D eigenvalue weighted by atomic mass is 32.2. The summed E-state index contributed by atoms with van der Waals surface area (Å²) in [5.41, 5.74) is 2.53. The lowest BCUT2D eigenvalue weighted by molar-refractivity contribution is -0.150. The number of rotatable bonds is 8. The molecule has 1 aromatic rings. The third-order valence-electron chi connectivity index (χ3n) is 3.99. The summed E-state index contributed by atoms with van der Waals surface area (Å²) < 4.78 is 33.5. The quantitative estimate of drug-likeness (QED) is 0.387. The Balaban J connectivity index is 2.87. The minimum atomic E-state index is -3.60. The zero-order chi connectivity index (χ0) is 21.7. The lowest BCUT2D eigenvalue weighted by atomic mass is 10.0. The lowest BCUT2D eigenvalue weighted by Crippen LogP contribution is -2.27. The van der Waals surface area contributed by atoms with E-state index in [2.05, 4.69) is 4.72 Å². The average Bonchev–Trinajstić information content (AvgIpc) is 2.46. The zero-order valence-electron chi connectivity index (χ0n) is 18.5. The molecule has 0 bridgehead atoms. The number of hydrogen-bond donors (Lipinski definition) is 1. The topological polar surface area (TPSA) is 72.5 Å². The van der Waals surface area contributed by atoms with Crippen LogP contribution in [0.5, 0.6) is 0 Å². The van der Waals surface area contributed by atoms with E-state index in [9.17, 15) is 13.2 Å². The Kier molecular flexibility index (Phi) is 8.45. The first kappa shape index (κ1) is 24.4. The fourth-order valence-electron chi connectivity index (χ4n) is 3.14. The van der Waals surface area contributed by atoms with Crippen molar-refractivity contribution in [3.63, 3.8) is 0 Å². The van der Waals surface area contributed by atoms with E-state index in [1.807, 2.05) is 53.7 Å². The Labute approximate surface area is 170 Å². The van der Waals surface area contributed by atoms with Crippen molar-refractivity contribution in [3.05, 3.63) is 40.5 Å². The number of benzene rings is 1. The highest BCUT2D eigenvalue weighted by molar-refractivity contribution is 7.89. The van der Waals surface area contributed by atoms with E-state index >= 15 is 0 Å². The van der Waals surface area contributed by atoms with E-state index in [1.165, 1.54) is 0 Å². The van der Waals surface area contributed by atoms with Gasteiger partial charge >= 0.3 is 5.97 Å². The molecule has 0 aromatic heterocycles. The SMILES string of the molecule is Cc1cc(C)c(S(=O)(=O)NCC/C=C(\CC(C)C)C(=O)OC(C)(C)C)c(C)c1. The summed E-state index contributed by atoms with van der Waals surface area (Å²) in [5.74, 6) is -0.0393. The second-order valence-corrected chi connectivity index (χ2v) is 10.4. The molecule has 1 rings (SSSR count). The molecule has 0 amide bonds. The molecule has 0 fully saturated rings. The second-order valence-electron chi connectivity index (χ2n) is 8.74. The minimum Gasteiger partial charge on any atom is -0.457 e. The molecule has 0 heterocycles. The molecular weight excluding hydrogens is 374 g/mol. The molecule has 0 aliphatic heterocycles. The fraction of sp³-hybridized carbons (Fsp3) is 0.591. The molecule has 0 aliphatic rings. The first-order valence-electron chi connectivity index (χ1n) is 9.73. The van der Waals surface area contributed by atoms with Crippen molar-refractivity contribution in [1.29, 1.82) is 0 Å². The molecule has 1 N–H and O–H groups in total. The van der Waals surface area contributed by atoms with Crippen molar-refractivity contribution in [2.75, 3.05) is 6.54 Å². The van der Waals surface area contributed by atoms with Gasteiger partial charge in [-0.05, 0) is 71.4 Å². The van der Waals surface area contributed by atoms with Crippen LogP contribution in [0.3, 0.4) is 0 Å². The summed E-state index contributed by atoms with van der Waals surface area (Å²) in [6.07, 6.45) is 2.80. The average molecular weight is 410 g/mol. The molecule has 28 heavy (non-hydrogen) atoms. The van der Waals surface area contributed by atoms with Gasteiger partial charge in [-0.2, -0.15) is 0 Å². The van der Waals surface area contributed by atoms with Crippen molar-refractivity contribution >= 4 is 16.0 Å². The van der Waals surface area contributed by atoms with Crippen LogP contribution in [-0.4, -0.2) is 26.5 Å². The Hall–Kier alpha value is -1.66. The van der Waals surface area contributed by atoms with Gasteiger partial charge in [0.1, 0.15) is 5.60 Å². The molecule has 0 saturated heterocycles. The highest BCUT2D eigenvalue weighted by Crippen LogP contribution is 2.22. The van der Waals surface area contributed by atoms with Gasteiger partial charge in [0, 0.05) is 12.1 Å². The maximum Gasteiger partial charge on any atom is 0.334 e. The van der Waals surface area contributed by atoms with Gasteiger partial charge in [-0.15, -0.1) is 0 Å². The van der Waals surface area contributed by atoms with Crippen LogP contribution in [-0.2, 0) is 19.6 Å². The standard InChI is InChI=1S/C22H35NO4S/c1-15(2)12-19(21(24)27-22(6,7)8)10-9-11-23-28(25,26)20-17(4)13-16(3)14-18(20)5/h10,13-15,23H,9,11-12H2,1-8H3/b19-10+. The summed E-state index contributed by atoms with van der Waals surface area (Å²) in [5, 5.41) is 0. The Morgan fingerprint density at radius 1 is 1.14 bits per heavy atom. The maximum atomic E-state index is 12.7. The van der Waals surface area contributed by atoms with Crippen LogP contribution in [0.1, 0.15) is 64.2 Å². The molecule has 0 spiro atoms. The first-order chi connectivity index (χ1) is 12.7. The lowest BCUT2D eigenvalue weighted by Gasteiger charge is -2.21. The van der Waals surface area contributed by atoms with Crippen LogP contribution in [0, 0.1) is 26.7 Å². The number of nitrogens with one attached hydrogen (secondary N) is 1. The third-order valence-corrected chi connectivity index (χ3v) is 5.76. The third kappa shape index (κ3) is 7.76. The molecule has 1 aromatic carbocycles. The molecule has 158 valence electrons. The normalized spacial score (nSPS) is 13.1. The van der Waals surface area contributed by atoms with E-state index in [-0.39, 0.29) is 12.5 Å². The molecule has 6 heteroatoms. The van der Waals surface area contributed by atoms with Gasteiger partial charge in [0.2, 0.25) is 10.0 Å². The van der Waals surface area contributed by atoms with Crippen molar-refractivity contribution in [2.24, 2.45) is 5.92 Å². The molecule has 0 saturated carbocycles. The van der Waals surface area contributed by atoms with Crippen LogP contribution < -0.4 is 4.72 Å². The summed E-state index contributed by atoms with van der Waals surface area (Å²) in [6.45, 7) is 15.3. The fourth-order valence-corrected chi connectivity index (χ4v) is 4.63. The molecular formula is C22H35NO4S. The van der Waals surface area contributed by atoms with E-state index in [0.717, 1.165) is 16.7 Å². The highest BCUT2D eigenvalue weighted by Gasteiger charge is 2.21. The number of sulfonamides is 1. The van der Waals surface area contributed by atoms with Crippen molar-refractivity contribution in [3.8, 4) is 0 Å². The molecule has 0 unspecified atom stereocenters. The van der Waals surface area contributed by atoms with Crippen molar-refractivity contribution in [2.45, 2.75) is 78.7 Å². The van der Waals surface area contributed by atoms with E-state index < -0.39 is 15.6 Å². The summed E-state index contributed by atoms with van der Waals surface area (Å²) >= 11 is 0. The van der Waals surface area contributed by atoms with Crippen LogP contribution in [0.2, 0.25) is 0 Å². The Morgan fingerprint density at radius 2 is 1.68 bits per heavy atom. The summed E-state index contributed by atoms with van der Waals surface area (Å²) in [4.78, 5) is 12.7. The minimum absolute atomic E-state index is 0.222. The van der Waals surface area contributed by atoms with Gasteiger partial charge in [0.25, 0.3) is 0 Å². The van der Waals surface area contributed by atoms with Gasteiger partial charge in [-0.25, -0.2) is 17.9 Å². The van der Waals surface area contributed by atoms with Gasteiger partial charge in [-0.1, -0.05) is 37.6 Å². The monoisotopic (exact) mass is 409 g/mol.